The van der Waals surface area contributed by atoms with Crippen LogP contribution < -0.4 is 4.72 Å². The highest BCUT2D eigenvalue weighted by molar-refractivity contribution is 7.92. The van der Waals surface area contributed by atoms with Crippen molar-refractivity contribution in [2.45, 2.75) is 53.0 Å². The Kier molecular flexibility index (Phi) is 5.70. The van der Waals surface area contributed by atoms with E-state index in [0.717, 1.165) is 59.2 Å². The summed E-state index contributed by atoms with van der Waals surface area (Å²) in [5, 5.41) is 4.73. The minimum atomic E-state index is -3.54. The van der Waals surface area contributed by atoms with Crippen LogP contribution in [0.1, 0.15) is 63.7 Å². The second-order valence-corrected chi connectivity index (χ2v) is 10.5. The molecule has 1 saturated heterocycles. The number of nitrogens with one attached hydrogen (secondary N) is 1. The van der Waals surface area contributed by atoms with Gasteiger partial charge in [0.2, 0.25) is 10.0 Å². The molecule has 1 aliphatic heterocycles. The minimum Gasteiger partial charge on any atom is -0.330 e. The van der Waals surface area contributed by atoms with Crippen LogP contribution >= 0.6 is 0 Å². The Balaban J connectivity index is 1.76. The summed E-state index contributed by atoms with van der Waals surface area (Å²) in [5.74, 6) is -0.190. The maximum atomic E-state index is 13.8. The number of hydrogen-bond acceptors (Lipinski definition) is 5. The van der Waals surface area contributed by atoms with Crippen LogP contribution in [0.4, 0.5) is 5.69 Å². The second kappa shape index (κ2) is 8.20. The molecule has 170 valence electrons. The Morgan fingerprint density at radius 2 is 1.84 bits per heavy atom. The van der Waals surface area contributed by atoms with E-state index >= 15 is 0 Å². The van der Waals surface area contributed by atoms with Crippen molar-refractivity contribution in [2.24, 2.45) is 0 Å². The van der Waals surface area contributed by atoms with Crippen LogP contribution in [0.25, 0.3) is 5.65 Å². The van der Waals surface area contributed by atoms with Crippen molar-refractivity contribution in [1.82, 2.24) is 19.5 Å². The summed E-state index contributed by atoms with van der Waals surface area (Å²) < 4.78 is 28.3. The average molecular weight is 456 g/mol. The molecule has 3 heterocycles. The molecule has 0 unspecified atom stereocenters. The van der Waals surface area contributed by atoms with Gasteiger partial charge in [-0.15, -0.1) is 0 Å². The Morgan fingerprint density at radius 1 is 1.09 bits per heavy atom. The van der Waals surface area contributed by atoms with Crippen LogP contribution in [0.3, 0.4) is 0 Å². The van der Waals surface area contributed by atoms with E-state index in [9.17, 15) is 13.2 Å². The summed E-state index contributed by atoms with van der Waals surface area (Å²) in [4.78, 5) is 20.2. The standard InChI is InChI=1S/C23H29N5O3S/c1-14-10-15(2)22(26-32(5,30)31)18(11-14)23(29)27-9-7-6-8-20(27)19-12-21-24-17(4)16(3)13-28(21)25-19/h10-13,20,26H,6-9H2,1-5H3/t20-/m0/s1. The number of hydrogen-bond donors (Lipinski definition) is 1. The first-order valence-electron chi connectivity index (χ1n) is 10.8. The minimum absolute atomic E-state index is 0.189. The number of carbonyl (C=O) groups is 1. The van der Waals surface area contributed by atoms with Gasteiger partial charge >= 0.3 is 0 Å². The molecule has 0 aliphatic carbocycles. The van der Waals surface area contributed by atoms with Gasteiger partial charge in [0.15, 0.2) is 5.65 Å². The predicted molar refractivity (Wildman–Crippen MR) is 124 cm³/mol. The number of carbonyl (C=O) groups excluding carboxylic acids is 1. The van der Waals surface area contributed by atoms with E-state index < -0.39 is 10.0 Å². The first kappa shape index (κ1) is 22.3. The molecule has 9 heteroatoms. The zero-order chi connectivity index (χ0) is 23.2. The summed E-state index contributed by atoms with van der Waals surface area (Å²) in [7, 11) is -3.54. The molecule has 32 heavy (non-hydrogen) atoms. The van der Waals surface area contributed by atoms with Crippen LogP contribution in [0.5, 0.6) is 0 Å². The lowest BCUT2D eigenvalue weighted by molar-refractivity contribution is 0.0606. The molecule has 2 aromatic heterocycles. The first-order valence-corrected chi connectivity index (χ1v) is 12.7. The van der Waals surface area contributed by atoms with Crippen LogP contribution in [0.15, 0.2) is 24.4 Å². The summed E-state index contributed by atoms with van der Waals surface area (Å²) in [6.45, 7) is 8.27. The smallest absolute Gasteiger partial charge is 0.256 e. The van der Waals surface area contributed by atoms with E-state index in [1.807, 2.05) is 50.9 Å². The third-order valence-electron chi connectivity index (χ3n) is 6.01. The maximum Gasteiger partial charge on any atom is 0.256 e. The highest BCUT2D eigenvalue weighted by Crippen LogP contribution is 2.34. The molecule has 0 radical (unpaired) electrons. The fraction of sp³-hybridized carbons (Fsp3) is 0.435. The van der Waals surface area contributed by atoms with Crippen LogP contribution in [0, 0.1) is 27.7 Å². The maximum absolute atomic E-state index is 13.8. The van der Waals surface area contributed by atoms with Crippen molar-refractivity contribution in [2.75, 3.05) is 17.5 Å². The molecule has 1 atom stereocenters. The van der Waals surface area contributed by atoms with Crippen molar-refractivity contribution >= 4 is 27.3 Å². The van der Waals surface area contributed by atoms with Crippen LogP contribution in [-0.2, 0) is 10.0 Å². The molecule has 0 saturated carbocycles. The number of amides is 1. The van der Waals surface area contributed by atoms with Gasteiger partial charge in [-0.05, 0) is 69.7 Å². The van der Waals surface area contributed by atoms with Crippen LogP contribution in [-0.4, -0.2) is 46.6 Å². The van der Waals surface area contributed by atoms with Crippen molar-refractivity contribution in [3.8, 4) is 0 Å². The van der Waals surface area contributed by atoms with Gasteiger partial charge in [-0.25, -0.2) is 17.9 Å². The van der Waals surface area contributed by atoms with Crippen molar-refractivity contribution in [3.05, 3.63) is 58.0 Å². The Labute approximate surface area is 188 Å². The largest absolute Gasteiger partial charge is 0.330 e. The average Bonchev–Trinajstić information content (AvgIpc) is 3.11. The Hall–Kier alpha value is -2.94. The van der Waals surface area contributed by atoms with E-state index in [-0.39, 0.29) is 11.9 Å². The third kappa shape index (κ3) is 4.34. The molecular weight excluding hydrogens is 426 g/mol. The molecule has 0 bridgehead atoms. The van der Waals surface area contributed by atoms with Crippen LogP contribution in [0.2, 0.25) is 0 Å². The topological polar surface area (TPSA) is 96.7 Å². The monoisotopic (exact) mass is 455 g/mol. The van der Waals surface area contributed by atoms with E-state index in [1.165, 1.54) is 0 Å². The molecule has 4 rings (SSSR count). The molecule has 1 aliphatic rings. The van der Waals surface area contributed by atoms with Gasteiger partial charge in [-0.2, -0.15) is 5.10 Å². The molecule has 1 aromatic carbocycles. The zero-order valence-corrected chi connectivity index (χ0v) is 20.0. The molecule has 1 N–H and O–H groups in total. The van der Waals surface area contributed by atoms with E-state index in [0.29, 0.717) is 17.8 Å². The molecule has 1 amide bonds. The van der Waals surface area contributed by atoms with E-state index in [2.05, 4.69) is 9.71 Å². The molecule has 0 spiro atoms. The number of anilines is 1. The van der Waals surface area contributed by atoms with E-state index in [4.69, 9.17) is 5.10 Å². The van der Waals surface area contributed by atoms with Gasteiger partial charge in [0.05, 0.1) is 29.2 Å². The van der Waals surface area contributed by atoms with Gasteiger partial charge in [0.25, 0.3) is 5.91 Å². The van der Waals surface area contributed by atoms with Gasteiger partial charge < -0.3 is 4.90 Å². The highest BCUT2D eigenvalue weighted by Gasteiger charge is 2.32. The Morgan fingerprint density at radius 3 is 2.56 bits per heavy atom. The lowest BCUT2D eigenvalue weighted by Gasteiger charge is -2.35. The normalized spacial score (nSPS) is 17.0. The van der Waals surface area contributed by atoms with Gasteiger partial charge in [0, 0.05) is 24.5 Å². The number of aryl methyl sites for hydroxylation is 4. The number of fused-ring (bicyclic) bond motifs is 1. The SMILES string of the molecule is Cc1cc(C)c(NS(C)(=O)=O)c(C(=O)N2CCCC[C@H]2c2cc3nc(C)c(C)cn3n2)c1. The molecule has 8 nitrogen and oxygen atoms in total. The number of piperidine rings is 1. The predicted octanol–water partition coefficient (Wildman–Crippen LogP) is 3.70. The summed E-state index contributed by atoms with van der Waals surface area (Å²) >= 11 is 0. The number of aromatic nitrogens is 3. The quantitative estimate of drug-likeness (QED) is 0.647. The van der Waals surface area contributed by atoms with Crippen molar-refractivity contribution < 1.29 is 13.2 Å². The van der Waals surface area contributed by atoms with E-state index in [1.54, 1.807) is 10.6 Å². The lowest BCUT2D eigenvalue weighted by Crippen LogP contribution is -2.39. The number of benzene rings is 1. The molecule has 1 fully saturated rings. The van der Waals surface area contributed by atoms with Gasteiger partial charge in [0.1, 0.15) is 0 Å². The fourth-order valence-electron chi connectivity index (χ4n) is 4.38. The summed E-state index contributed by atoms with van der Waals surface area (Å²) in [6, 6.07) is 5.38. The molecule has 3 aromatic rings. The summed E-state index contributed by atoms with van der Waals surface area (Å²) in [6.07, 6.45) is 5.74. The van der Waals surface area contributed by atoms with Crippen molar-refractivity contribution in [3.63, 3.8) is 0 Å². The molecular formula is C23H29N5O3S. The van der Waals surface area contributed by atoms with Gasteiger partial charge in [-0.1, -0.05) is 6.07 Å². The number of rotatable bonds is 4. The third-order valence-corrected chi connectivity index (χ3v) is 6.58. The second-order valence-electron chi connectivity index (χ2n) is 8.77. The summed E-state index contributed by atoms with van der Waals surface area (Å²) in [5.41, 5.74) is 5.90. The number of likely N-dealkylation sites (tertiary alicyclic amines) is 1. The fourth-order valence-corrected chi connectivity index (χ4v) is 5.02. The Bertz CT molecular complexity index is 1270. The van der Waals surface area contributed by atoms with Crippen molar-refractivity contribution in [1.29, 1.82) is 0 Å². The zero-order valence-electron chi connectivity index (χ0n) is 19.1. The highest BCUT2D eigenvalue weighted by atomic mass is 32.2. The first-order chi connectivity index (χ1) is 15.0. The number of sulfonamides is 1. The lowest BCUT2D eigenvalue weighted by atomic mass is 9.96. The number of nitrogens with zero attached hydrogens (tertiary/aromatic N) is 4. The van der Waals surface area contributed by atoms with Gasteiger partial charge in [-0.3, -0.25) is 9.52 Å².